The fourth-order valence-electron chi connectivity index (χ4n) is 9.05. The van der Waals surface area contributed by atoms with E-state index in [2.05, 4.69) is 16.3 Å². The van der Waals surface area contributed by atoms with Crippen LogP contribution in [0.2, 0.25) is 0 Å². The number of phenolic OH excluding ortho intramolecular Hbond substituents is 2. The van der Waals surface area contributed by atoms with E-state index in [4.69, 9.17) is 18.9 Å². The van der Waals surface area contributed by atoms with Gasteiger partial charge in [-0.25, -0.2) is 4.79 Å². The predicted molar refractivity (Wildman–Crippen MR) is 198 cm³/mol. The number of hydrogen-bond donors (Lipinski definition) is 6. The monoisotopic (exact) mass is 778 g/mol. The molecule has 3 aliphatic carbocycles. The van der Waals surface area contributed by atoms with Crippen molar-refractivity contribution in [1.29, 1.82) is 0 Å². The number of likely N-dealkylation sites (tertiary alicyclic amines) is 1. The number of hydrogen-bond acceptors (Lipinski definition) is 14. The molecule has 1 amide bonds. The lowest BCUT2D eigenvalue weighted by molar-refractivity contribution is -0.249. The van der Waals surface area contributed by atoms with Crippen molar-refractivity contribution in [3.8, 4) is 17.2 Å². The van der Waals surface area contributed by atoms with Gasteiger partial charge in [-0.1, -0.05) is 24.6 Å². The summed E-state index contributed by atoms with van der Waals surface area (Å²) in [7, 11) is 1.32. The number of Topliss-reactive ketones (excluding diaryl/α,β-unsaturated/α-hetero) is 1. The van der Waals surface area contributed by atoms with E-state index in [1.807, 2.05) is 6.08 Å². The van der Waals surface area contributed by atoms with E-state index in [0.717, 1.165) is 32.4 Å². The van der Waals surface area contributed by atoms with E-state index in [9.17, 15) is 44.7 Å². The standard InChI is InChI=1S/C41H50N2O13/c1-21-35(46)26(42-40(51)55-23-11-6-9-22(10-7-12-23)43-15-4-3-5-16-43)17-30(54-21)56-28-19-41(52,29(45)20-44)18-25-32(28)39(50)34-33(37(25)48)36(47)24-13-8-14-27(53-2)31(24)38(34)49/h6,8,11,13-14,21-23,26,28,30,35,44,46,48,50,52H,3-5,7,9-10,12,15-20H2,1-2H3,(H,42,51)/b11-6+/t21-,22?,23?,26-,28-,30-,35+,41-/m0/s1. The number of piperidine rings is 1. The zero-order valence-electron chi connectivity index (χ0n) is 31.6. The molecule has 0 aromatic heterocycles. The molecule has 15 heteroatoms. The van der Waals surface area contributed by atoms with Crippen LogP contribution in [0.15, 0.2) is 30.4 Å². The summed E-state index contributed by atoms with van der Waals surface area (Å²) < 4.78 is 23.3. The molecule has 6 N–H and O–H groups in total. The molecule has 0 radical (unpaired) electrons. The molecule has 7 rings (SSSR count). The maximum atomic E-state index is 14.0. The summed E-state index contributed by atoms with van der Waals surface area (Å²) in [6, 6.07) is 3.89. The lowest BCUT2D eigenvalue weighted by atomic mass is 9.72. The molecule has 2 aromatic carbocycles. The number of rotatable bonds is 8. The largest absolute Gasteiger partial charge is 0.507 e. The second-order valence-corrected chi connectivity index (χ2v) is 15.5. The number of phenols is 2. The normalized spacial score (nSPS) is 31.2. The minimum absolute atomic E-state index is 0.0749. The molecule has 2 fully saturated rings. The summed E-state index contributed by atoms with van der Waals surface area (Å²) in [5.74, 6) is -3.97. The lowest BCUT2D eigenvalue weighted by Crippen LogP contribution is -2.56. The highest BCUT2D eigenvalue weighted by Crippen LogP contribution is 2.52. The van der Waals surface area contributed by atoms with Crippen LogP contribution in [0.1, 0.15) is 114 Å². The Kier molecular flexibility index (Phi) is 11.5. The number of carbonyl (C=O) groups is 4. The molecule has 2 aromatic rings. The van der Waals surface area contributed by atoms with Crippen molar-refractivity contribution in [2.45, 2.75) is 120 Å². The van der Waals surface area contributed by atoms with Crippen molar-refractivity contribution in [1.82, 2.24) is 10.2 Å². The average Bonchev–Trinajstić information content (AvgIpc) is 3.17. The molecule has 2 heterocycles. The number of ether oxygens (including phenoxy) is 4. The number of nitrogens with one attached hydrogen (secondary N) is 1. The molecule has 0 bridgehead atoms. The first-order valence-electron chi connectivity index (χ1n) is 19.5. The Balaban J connectivity index is 1.12. The molecule has 56 heavy (non-hydrogen) atoms. The molecule has 2 saturated heterocycles. The first-order valence-corrected chi connectivity index (χ1v) is 19.5. The number of alkyl carbamates (subject to hydrolysis) is 1. The summed E-state index contributed by atoms with van der Waals surface area (Å²) in [5, 5.41) is 58.6. The van der Waals surface area contributed by atoms with Crippen LogP contribution in [0.3, 0.4) is 0 Å². The van der Waals surface area contributed by atoms with Crippen LogP contribution in [0.4, 0.5) is 4.79 Å². The maximum absolute atomic E-state index is 14.0. The van der Waals surface area contributed by atoms with Gasteiger partial charge < -0.3 is 54.7 Å². The number of methoxy groups -OCH3 is 1. The van der Waals surface area contributed by atoms with Crippen molar-refractivity contribution >= 4 is 23.4 Å². The number of amides is 1. The minimum atomic E-state index is -2.33. The summed E-state index contributed by atoms with van der Waals surface area (Å²) in [5.41, 5.74) is -3.93. The van der Waals surface area contributed by atoms with E-state index in [1.165, 1.54) is 44.6 Å². The topological polar surface area (TPSA) is 222 Å². The van der Waals surface area contributed by atoms with Crippen LogP contribution in [0.25, 0.3) is 0 Å². The summed E-state index contributed by atoms with van der Waals surface area (Å²) >= 11 is 0. The second kappa shape index (κ2) is 16.2. The summed E-state index contributed by atoms with van der Waals surface area (Å²) in [6.07, 6.45) is 3.83. The summed E-state index contributed by atoms with van der Waals surface area (Å²) in [4.78, 5) is 56.5. The van der Waals surface area contributed by atoms with E-state index in [-0.39, 0.29) is 34.4 Å². The van der Waals surface area contributed by atoms with Crippen LogP contribution in [0, 0.1) is 0 Å². The molecule has 15 nitrogen and oxygen atoms in total. The molecule has 0 saturated carbocycles. The zero-order chi connectivity index (χ0) is 39.9. The van der Waals surface area contributed by atoms with Crippen LogP contribution in [-0.2, 0) is 25.4 Å². The Morgan fingerprint density at radius 2 is 1.77 bits per heavy atom. The molecule has 5 aliphatic rings. The van der Waals surface area contributed by atoms with Gasteiger partial charge in [-0.05, 0) is 70.7 Å². The van der Waals surface area contributed by atoms with Gasteiger partial charge in [-0.3, -0.25) is 14.4 Å². The fourth-order valence-corrected chi connectivity index (χ4v) is 9.05. The minimum Gasteiger partial charge on any atom is -0.507 e. The number of fused-ring (bicyclic) bond motifs is 3. The average molecular weight is 779 g/mol. The number of aromatic hydroxyl groups is 2. The zero-order valence-corrected chi connectivity index (χ0v) is 31.6. The van der Waals surface area contributed by atoms with Gasteiger partial charge in [0.1, 0.15) is 41.7 Å². The number of aliphatic hydroxyl groups is 3. The Labute approximate surface area is 324 Å². The molecule has 2 aliphatic heterocycles. The van der Waals surface area contributed by atoms with Crippen molar-refractivity contribution in [3.63, 3.8) is 0 Å². The molecular weight excluding hydrogens is 728 g/mol. The Morgan fingerprint density at radius 1 is 1.02 bits per heavy atom. The van der Waals surface area contributed by atoms with Gasteiger partial charge in [0.15, 0.2) is 17.9 Å². The van der Waals surface area contributed by atoms with Gasteiger partial charge in [-0.15, -0.1) is 0 Å². The van der Waals surface area contributed by atoms with Crippen LogP contribution in [0.5, 0.6) is 17.2 Å². The number of ketones is 3. The smallest absolute Gasteiger partial charge is 0.408 e. The number of aliphatic hydroxyl groups excluding tert-OH is 2. The van der Waals surface area contributed by atoms with E-state index >= 15 is 0 Å². The van der Waals surface area contributed by atoms with Gasteiger partial charge in [0, 0.05) is 42.0 Å². The van der Waals surface area contributed by atoms with Crippen molar-refractivity contribution < 1.29 is 63.7 Å². The Bertz CT molecular complexity index is 1910. The van der Waals surface area contributed by atoms with Gasteiger partial charge in [0.25, 0.3) is 0 Å². The number of nitrogens with zero attached hydrogens (tertiary/aromatic N) is 1. The predicted octanol–water partition coefficient (Wildman–Crippen LogP) is 3.12. The Morgan fingerprint density at radius 3 is 2.50 bits per heavy atom. The third kappa shape index (κ3) is 7.43. The van der Waals surface area contributed by atoms with Gasteiger partial charge in [0.2, 0.25) is 5.78 Å². The van der Waals surface area contributed by atoms with Crippen molar-refractivity contribution in [2.24, 2.45) is 0 Å². The maximum Gasteiger partial charge on any atom is 0.408 e. The molecular formula is C41H50N2O13. The fraction of sp³-hybridized carbons (Fsp3) is 0.561. The first kappa shape index (κ1) is 39.8. The van der Waals surface area contributed by atoms with Crippen LogP contribution >= 0.6 is 0 Å². The van der Waals surface area contributed by atoms with Crippen LogP contribution < -0.4 is 10.1 Å². The van der Waals surface area contributed by atoms with Crippen molar-refractivity contribution in [2.75, 3.05) is 26.8 Å². The van der Waals surface area contributed by atoms with E-state index in [1.54, 1.807) is 6.92 Å². The van der Waals surface area contributed by atoms with E-state index < -0.39 is 108 Å². The second-order valence-electron chi connectivity index (χ2n) is 15.5. The van der Waals surface area contributed by atoms with Crippen LogP contribution in [-0.4, -0.2) is 123 Å². The molecule has 8 atom stereocenters. The van der Waals surface area contributed by atoms with Gasteiger partial charge >= 0.3 is 6.09 Å². The molecule has 2 unspecified atom stereocenters. The lowest BCUT2D eigenvalue weighted by Gasteiger charge is -2.42. The molecule has 0 spiro atoms. The van der Waals surface area contributed by atoms with Crippen molar-refractivity contribution in [3.05, 3.63) is 63.7 Å². The Hall–Kier alpha value is -4.38. The summed E-state index contributed by atoms with van der Waals surface area (Å²) in [6.45, 7) is 2.73. The molecule has 302 valence electrons. The SMILES string of the molecule is COc1cccc2c1C(=O)c1c(O)c3c(c(O)c1C2=O)C[C@@](O)(C(=O)CO)C[C@@H]3O[C@H]1C[C@H](NC(=O)OC2/C=C/CC(N3CCCCC3)CCC2)[C@H](O)[C@H](C)O1. The third-order valence-corrected chi connectivity index (χ3v) is 12.0. The van der Waals surface area contributed by atoms with Gasteiger partial charge in [0.05, 0.1) is 42.0 Å². The highest BCUT2D eigenvalue weighted by atomic mass is 16.7. The third-order valence-electron chi connectivity index (χ3n) is 12.0. The number of carbonyl (C=O) groups excluding carboxylic acids is 4. The highest BCUT2D eigenvalue weighted by Gasteiger charge is 2.50. The highest BCUT2D eigenvalue weighted by molar-refractivity contribution is 6.31. The first-order chi connectivity index (χ1) is 26.8. The quantitative estimate of drug-likeness (QED) is 0.143. The van der Waals surface area contributed by atoms with Gasteiger partial charge in [-0.2, -0.15) is 0 Å². The number of benzene rings is 2. The van der Waals surface area contributed by atoms with E-state index in [0.29, 0.717) is 12.5 Å².